The number of alkyl halides is 6. The molecular formula is C31H50F6O6S. The van der Waals surface area contributed by atoms with Crippen molar-refractivity contribution in [3.8, 4) is 11.5 Å². The molecule has 0 aliphatic heterocycles. The number of halogens is 6. The van der Waals surface area contributed by atoms with E-state index in [1.54, 1.807) is 28.4 Å². The minimum atomic E-state index is -5.24. The van der Waals surface area contributed by atoms with E-state index in [0.29, 0.717) is 0 Å². The maximum atomic E-state index is 11.6. The lowest BCUT2D eigenvalue weighted by atomic mass is 9.78. The van der Waals surface area contributed by atoms with E-state index in [1.165, 1.54) is 25.0 Å². The van der Waals surface area contributed by atoms with Crippen LogP contribution in [0.25, 0.3) is 0 Å². The Morgan fingerprint density at radius 1 is 0.614 bits per heavy atom. The molecule has 0 unspecified atom stereocenters. The molecule has 0 aliphatic carbocycles. The van der Waals surface area contributed by atoms with Gasteiger partial charge in [0.05, 0.1) is 14.2 Å². The summed E-state index contributed by atoms with van der Waals surface area (Å²) in [5, 5.41) is 0. The number of Topliss-reactive ketones (excluding diaryl/α,β-unsaturated/α-hetero) is 1. The maximum absolute atomic E-state index is 11.6. The smallest absolute Gasteiger partial charge is 0.402 e. The van der Waals surface area contributed by atoms with E-state index in [1.807, 2.05) is 38.1 Å². The first-order chi connectivity index (χ1) is 19.7. The molecule has 0 heterocycles. The van der Waals surface area contributed by atoms with Gasteiger partial charge in [-0.3, -0.25) is 0 Å². The molecule has 6 nitrogen and oxygen atoms in total. The molecule has 0 fully saturated rings. The molecular weight excluding hydrogens is 614 g/mol. The second kappa shape index (κ2) is 21.8. The molecule has 0 radical (unpaired) electrons. The zero-order valence-electron chi connectivity index (χ0n) is 28.2. The van der Waals surface area contributed by atoms with Crippen LogP contribution >= 0.6 is 0 Å². The van der Waals surface area contributed by atoms with Crippen LogP contribution < -0.4 is 9.47 Å². The Hall–Kier alpha value is -2.80. The Labute approximate surface area is 260 Å². The van der Waals surface area contributed by atoms with Gasteiger partial charge in [0.25, 0.3) is 0 Å². The first-order valence-electron chi connectivity index (χ1n) is 13.2. The maximum Gasteiger partial charge on any atom is 0.402 e. The summed E-state index contributed by atoms with van der Waals surface area (Å²) in [6.07, 6.45) is -8.17. The normalized spacial score (nSPS) is 11.1. The van der Waals surface area contributed by atoms with E-state index in [0.717, 1.165) is 24.0 Å². The second-order valence-electron chi connectivity index (χ2n) is 10.2. The van der Waals surface area contributed by atoms with Gasteiger partial charge >= 0.3 is 12.4 Å². The van der Waals surface area contributed by atoms with E-state index in [-0.39, 0.29) is 25.0 Å². The van der Waals surface area contributed by atoms with Gasteiger partial charge in [-0.2, -0.15) is 26.3 Å². The Morgan fingerprint density at radius 2 is 0.795 bits per heavy atom. The van der Waals surface area contributed by atoms with Crippen molar-refractivity contribution in [2.24, 2.45) is 5.41 Å². The summed E-state index contributed by atoms with van der Waals surface area (Å²) in [5.41, 5.74) is -1.14. The highest BCUT2D eigenvalue weighted by atomic mass is 32.2. The number of ketones is 1. The van der Waals surface area contributed by atoms with Gasteiger partial charge in [-0.05, 0) is 63.1 Å². The number of ether oxygens (including phenoxy) is 3. The summed E-state index contributed by atoms with van der Waals surface area (Å²) in [6.45, 7) is 11.7. The van der Waals surface area contributed by atoms with Gasteiger partial charge in [0, 0.05) is 32.1 Å². The molecule has 2 aromatic rings. The molecule has 0 saturated carbocycles. The minimum absolute atomic E-state index is 0.0431. The van der Waals surface area contributed by atoms with Crippen LogP contribution in [0.3, 0.4) is 0 Å². The number of hydrogen-bond acceptors (Lipinski definition) is 6. The van der Waals surface area contributed by atoms with Gasteiger partial charge in [-0.1, -0.05) is 52.0 Å². The highest BCUT2D eigenvalue weighted by molar-refractivity contribution is 7.89. The summed E-state index contributed by atoms with van der Waals surface area (Å²) >= 11 is 0. The van der Waals surface area contributed by atoms with Crippen molar-refractivity contribution in [3.05, 3.63) is 59.7 Å². The number of carbonyl (C=O) groups excluding carboxylic acids is 1. The Kier molecular flexibility index (Phi) is 23.9. The average molecular weight is 665 g/mol. The lowest BCUT2D eigenvalue weighted by Crippen LogP contribution is -2.44. The molecule has 0 aromatic heterocycles. The zero-order chi connectivity index (χ0) is 36.2. The molecule has 0 spiro atoms. The fourth-order valence-electron chi connectivity index (χ4n) is 2.34. The van der Waals surface area contributed by atoms with Crippen LogP contribution in [0.2, 0.25) is 0 Å². The number of rotatable bonds is 4. The Morgan fingerprint density at radius 3 is 0.909 bits per heavy atom. The number of hydrogen-bond donors (Lipinski definition) is 0. The van der Waals surface area contributed by atoms with Crippen LogP contribution in [-0.2, 0) is 24.8 Å². The topological polar surface area (TPSA) is 78.9 Å². The van der Waals surface area contributed by atoms with Crippen LogP contribution in [0, 0.1) is 5.41 Å². The van der Waals surface area contributed by atoms with Crippen LogP contribution in [0.4, 0.5) is 26.3 Å². The number of carbonyl (C=O) groups is 1. The predicted molar refractivity (Wildman–Crippen MR) is 165 cm³/mol. The first kappa shape index (κ1) is 48.1. The highest BCUT2D eigenvalue weighted by Crippen LogP contribution is 2.49. The van der Waals surface area contributed by atoms with E-state index in [9.17, 15) is 39.6 Å². The van der Waals surface area contributed by atoms with Gasteiger partial charge < -0.3 is 19.0 Å². The fourth-order valence-corrected chi connectivity index (χ4v) is 2.34. The van der Waals surface area contributed by atoms with E-state index in [2.05, 4.69) is 42.8 Å². The lowest BCUT2D eigenvalue weighted by Gasteiger charge is -2.29. The molecule has 44 heavy (non-hydrogen) atoms. The fraction of sp³-hybridized carbons (Fsp3) is 0.581. The van der Waals surface area contributed by atoms with Gasteiger partial charge in [0.15, 0.2) is 5.41 Å². The Balaban J connectivity index is -0.000000271. The zero-order valence-corrected chi connectivity index (χ0v) is 29.1. The average Bonchev–Trinajstić information content (AvgIpc) is 2.88. The van der Waals surface area contributed by atoms with Crippen molar-refractivity contribution in [1.82, 2.24) is 0 Å². The highest BCUT2D eigenvalue weighted by Gasteiger charge is 2.64. The van der Waals surface area contributed by atoms with Gasteiger partial charge in [-0.15, -0.1) is 0 Å². The number of methoxy groups -OCH3 is 3. The SMILES string of the molecule is CC.CC(C)(C(F)(F)F)C(F)(F)F.CC(C)=O.COC.COc1ccc(C(C)(C)c2ccc(OC)cc2)cc1.CS(C)(=O)=O. The quantitative estimate of drug-likeness (QED) is 0.304. The van der Waals surface area contributed by atoms with Crippen molar-refractivity contribution >= 4 is 15.6 Å². The second-order valence-corrected chi connectivity index (χ2v) is 12.4. The summed E-state index contributed by atoms with van der Waals surface area (Å²) < 4.78 is 104. The van der Waals surface area contributed by atoms with Crippen LogP contribution in [0.1, 0.15) is 66.5 Å². The van der Waals surface area contributed by atoms with Crippen molar-refractivity contribution < 1.29 is 53.8 Å². The van der Waals surface area contributed by atoms with Crippen molar-refractivity contribution in [3.63, 3.8) is 0 Å². The third-order valence-electron chi connectivity index (χ3n) is 5.04. The molecule has 2 aromatic carbocycles. The number of sulfone groups is 1. The Bertz CT molecular complexity index is 1050. The molecule has 2 rings (SSSR count). The molecule has 0 saturated heterocycles. The number of benzene rings is 2. The van der Waals surface area contributed by atoms with E-state index in [4.69, 9.17) is 9.47 Å². The standard InChI is InChI=1S/C17H20O2.C5H6F6.C3H6O.C2H6O2S.C2H6O.C2H6/c1-17(2,13-5-9-15(18-3)10-6-13)14-7-11-16(19-4)12-8-14;1-3(2,4(6,7)8)5(9,10)11;1-3(2)4;1-5(2,3)4;1-3-2;1-2/h5-12H,1-4H3;1-2H3;1-2H3;1-2H3;1-2H3;1-2H3. The summed E-state index contributed by atoms with van der Waals surface area (Å²) in [6, 6.07) is 16.5. The largest absolute Gasteiger partial charge is 0.497 e. The van der Waals surface area contributed by atoms with Crippen molar-refractivity contribution in [1.29, 1.82) is 0 Å². The summed E-state index contributed by atoms with van der Waals surface area (Å²) in [7, 11) is 3.95. The van der Waals surface area contributed by atoms with E-state index >= 15 is 0 Å². The van der Waals surface area contributed by atoms with Crippen LogP contribution in [0.5, 0.6) is 11.5 Å². The van der Waals surface area contributed by atoms with Crippen molar-refractivity contribution in [2.45, 2.75) is 73.2 Å². The van der Waals surface area contributed by atoms with E-state index < -0.39 is 27.6 Å². The summed E-state index contributed by atoms with van der Waals surface area (Å²) in [5.74, 6) is 1.93. The van der Waals surface area contributed by atoms with Crippen molar-refractivity contribution in [2.75, 3.05) is 41.0 Å². The van der Waals surface area contributed by atoms with Crippen LogP contribution in [-0.4, -0.2) is 67.5 Å². The van der Waals surface area contributed by atoms with Gasteiger partial charge in [0.1, 0.15) is 27.1 Å². The summed E-state index contributed by atoms with van der Waals surface area (Å²) in [4.78, 5) is 9.44. The predicted octanol–water partition coefficient (Wildman–Crippen LogP) is 8.71. The lowest BCUT2D eigenvalue weighted by molar-refractivity contribution is -0.327. The first-order valence-corrected chi connectivity index (χ1v) is 15.5. The van der Waals surface area contributed by atoms with Gasteiger partial charge in [-0.25, -0.2) is 8.42 Å². The monoisotopic (exact) mass is 664 g/mol. The molecule has 0 atom stereocenters. The molecule has 13 heteroatoms. The molecule has 0 bridgehead atoms. The van der Waals surface area contributed by atoms with Crippen LogP contribution in [0.15, 0.2) is 48.5 Å². The third kappa shape index (κ3) is 21.8. The van der Waals surface area contributed by atoms with Gasteiger partial charge in [0.2, 0.25) is 0 Å². The molecule has 0 N–H and O–H groups in total. The minimum Gasteiger partial charge on any atom is -0.497 e. The molecule has 0 aliphatic rings. The third-order valence-corrected chi connectivity index (χ3v) is 5.04. The molecule has 0 amide bonds. The molecule has 258 valence electrons.